The number of carboxylic acids is 1. The van der Waals surface area contributed by atoms with Gasteiger partial charge in [0.15, 0.2) is 5.75 Å². The minimum atomic E-state index is -1.14. The van der Waals surface area contributed by atoms with Gasteiger partial charge in [0, 0.05) is 0 Å². The van der Waals surface area contributed by atoms with E-state index in [9.17, 15) is 20.0 Å². The fourth-order valence-corrected chi connectivity index (χ4v) is 3.76. The highest BCUT2D eigenvalue weighted by Gasteiger charge is 2.36. The standard InChI is InChI=1S/C20H21NO5/c1-13-6-5-9-15(13)18-16(20(22)23)10-11-17(19(18)21(24)25)26-12-14-7-3-2-4-8-14/h2-4,7-8,10-11,13,15H,5-6,9,12H2,1H3,(H,22,23). The molecule has 2 atom stereocenters. The molecule has 1 aliphatic carbocycles. The molecule has 0 bridgehead atoms. The molecule has 0 saturated heterocycles. The van der Waals surface area contributed by atoms with Gasteiger partial charge in [-0.1, -0.05) is 50.1 Å². The number of nitro benzene ring substituents is 1. The molecule has 1 N–H and O–H groups in total. The van der Waals surface area contributed by atoms with E-state index < -0.39 is 10.9 Å². The van der Waals surface area contributed by atoms with Gasteiger partial charge in [0.05, 0.1) is 16.1 Å². The minimum absolute atomic E-state index is 0.00233. The lowest BCUT2D eigenvalue weighted by molar-refractivity contribution is -0.386. The summed E-state index contributed by atoms with van der Waals surface area (Å²) in [6, 6.07) is 12.2. The number of benzene rings is 2. The van der Waals surface area contributed by atoms with Crippen molar-refractivity contribution in [1.82, 2.24) is 0 Å². The zero-order chi connectivity index (χ0) is 18.7. The summed E-state index contributed by atoms with van der Waals surface area (Å²) >= 11 is 0. The Labute approximate surface area is 151 Å². The fourth-order valence-electron chi connectivity index (χ4n) is 3.76. The van der Waals surface area contributed by atoms with Crippen LogP contribution in [0.3, 0.4) is 0 Å². The molecule has 1 fully saturated rings. The van der Waals surface area contributed by atoms with Crippen molar-refractivity contribution >= 4 is 11.7 Å². The second-order valence-corrected chi connectivity index (χ2v) is 6.72. The van der Waals surface area contributed by atoms with Crippen LogP contribution in [0.1, 0.15) is 53.6 Å². The van der Waals surface area contributed by atoms with Crippen LogP contribution in [0, 0.1) is 16.0 Å². The predicted molar refractivity (Wildman–Crippen MR) is 96.6 cm³/mol. The van der Waals surface area contributed by atoms with E-state index in [0.29, 0.717) is 5.56 Å². The number of nitro groups is 1. The van der Waals surface area contributed by atoms with Gasteiger partial charge in [0.2, 0.25) is 0 Å². The summed E-state index contributed by atoms with van der Waals surface area (Å²) < 4.78 is 5.72. The van der Waals surface area contributed by atoms with E-state index in [4.69, 9.17) is 4.74 Å². The van der Waals surface area contributed by atoms with Crippen LogP contribution in [0.4, 0.5) is 5.69 Å². The summed E-state index contributed by atoms with van der Waals surface area (Å²) in [4.78, 5) is 23.0. The van der Waals surface area contributed by atoms with Crippen LogP contribution < -0.4 is 4.74 Å². The van der Waals surface area contributed by atoms with Gasteiger partial charge in [-0.3, -0.25) is 10.1 Å². The Hall–Kier alpha value is -2.89. The molecule has 0 amide bonds. The van der Waals surface area contributed by atoms with Crippen LogP contribution in [0.15, 0.2) is 42.5 Å². The molecule has 0 aromatic heterocycles. The topological polar surface area (TPSA) is 89.7 Å². The fraction of sp³-hybridized carbons (Fsp3) is 0.350. The molecule has 2 unspecified atom stereocenters. The van der Waals surface area contributed by atoms with Crippen molar-refractivity contribution in [1.29, 1.82) is 0 Å². The third-order valence-electron chi connectivity index (χ3n) is 5.06. The number of aromatic carboxylic acids is 1. The molecular weight excluding hydrogens is 334 g/mol. The van der Waals surface area contributed by atoms with E-state index in [1.165, 1.54) is 12.1 Å². The first-order valence-electron chi connectivity index (χ1n) is 8.70. The number of rotatable bonds is 6. The first-order chi connectivity index (χ1) is 12.5. The Morgan fingerprint density at radius 3 is 2.54 bits per heavy atom. The number of nitrogens with zero attached hydrogens (tertiary/aromatic N) is 1. The maximum Gasteiger partial charge on any atom is 0.336 e. The number of carboxylic acid groups (broad SMARTS) is 1. The van der Waals surface area contributed by atoms with Crippen LogP contribution in [-0.2, 0) is 6.61 Å². The van der Waals surface area contributed by atoms with E-state index in [2.05, 4.69) is 0 Å². The molecule has 0 aliphatic heterocycles. The molecule has 136 valence electrons. The minimum Gasteiger partial charge on any atom is -0.482 e. The third kappa shape index (κ3) is 3.54. The van der Waals surface area contributed by atoms with Crippen LogP contribution in [0.2, 0.25) is 0 Å². The number of ether oxygens (including phenoxy) is 1. The zero-order valence-corrected chi connectivity index (χ0v) is 14.6. The molecule has 0 spiro atoms. The van der Waals surface area contributed by atoms with Crippen LogP contribution in [-0.4, -0.2) is 16.0 Å². The molecule has 0 radical (unpaired) electrons. The second-order valence-electron chi connectivity index (χ2n) is 6.72. The normalized spacial score (nSPS) is 19.3. The molecule has 2 aromatic rings. The smallest absolute Gasteiger partial charge is 0.336 e. The maximum atomic E-state index is 11.8. The lowest BCUT2D eigenvalue weighted by Gasteiger charge is -2.19. The summed E-state index contributed by atoms with van der Waals surface area (Å²) in [5.74, 6) is -0.951. The molecular formula is C20H21NO5. The summed E-state index contributed by atoms with van der Waals surface area (Å²) in [5.41, 5.74) is 0.986. The van der Waals surface area contributed by atoms with Gasteiger partial charge >= 0.3 is 11.7 Å². The average molecular weight is 355 g/mol. The van der Waals surface area contributed by atoms with Crippen LogP contribution in [0.25, 0.3) is 0 Å². The first-order valence-corrected chi connectivity index (χ1v) is 8.70. The Balaban J connectivity index is 2.04. The summed E-state index contributed by atoms with van der Waals surface area (Å²) in [6.45, 7) is 2.21. The van der Waals surface area contributed by atoms with Crippen molar-refractivity contribution in [2.24, 2.45) is 5.92 Å². The average Bonchev–Trinajstić information content (AvgIpc) is 3.05. The van der Waals surface area contributed by atoms with Crippen molar-refractivity contribution in [3.8, 4) is 5.75 Å². The number of hydrogen-bond donors (Lipinski definition) is 1. The molecule has 2 aromatic carbocycles. The predicted octanol–water partition coefficient (Wildman–Crippen LogP) is 4.78. The Kier molecular flexibility index (Phi) is 5.21. The van der Waals surface area contributed by atoms with Gasteiger partial charge in [-0.15, -0.1) is 0 Å². The van der Waals surface area contributed by atoms with E-state index in [0.717, 1.165) is 24.8 Å². The van der Waals surface area contributed by atoms with Crippen LogP contribution >= 0.6 is 0 Å². The van der Waals surface area contributed by atoms with E-state index in [-0.39, 0.29) is 35.4 Å². The molecule has 3 rings (SSSR count). The highest BCUT2D eigenvalue weighted by atomic mass is 16.6. The van der Waals surface area contributed by atoms with Crippen molar-refractivity contribution in [2.45, 2.75) is 38.7 Å². The van der Waals surface area contributed by atoms with Gasteiger partial charge in [-0.2, -0.15) is 0 Å². The SMILES string of the molecule is CC1CCCC1c1c(C(=O)O)ccc(OCc2ccccc2)c1[N+](=O)[O-]. The highest BCUT2D eigenvalue weighted by molar-refractivity contribution is 5.92. The largest absolute Gasteiger partial charge is 0.482 e. The molecule has 6 heteroatoms. The molecule has 1 saturated carbocycles. The van der Waals surface area contributed by atoms with Gasteiger partial charge < -0.3 is 9.84 Å². The third-order valence-corrected chi connectivity index (χ3v) is 5.06. The van der Waals surface area contributed by atoms with Crippen molar-refractivity contribution in [3.05, 3.63) is 69.3 Å². The van der Waals surface area contributed by atoms with Gasteiger partial charge in [0.1, 0.15) is 6.61 Å². The van der Waals surface area contributed by atoms with Crippen molar-refractivity contribution in [2.75, 3.05) is 0 Å². The van der Waals surface area contributed by atoms with E-state index in [1.54, 1.807) is 0 Å². The zero-order valence-electron chi connectivity index (χ0n) is 14.6. The van der Waals surface area contributed by atoms with Crippen molar-refractivity contribution < 1.29 is 19.6 Å². The number of carbonyl (C=O) groups is 1. The molecule has 6 nitrogen and oxygen atoms in total. The van der Waals surface area contributed by atoms with Gasteiger partial charge in [-0.25, -0.2) is 4.79 Å². The lowest BCUT2D eigenvalue weighted by atomic mass is 9.85. The van der Waals surface area contributed by atoms with Crippen LogP contribution in [0.5, 0.6) is 5.75 Å². The number of hydrogen-bond acceptors (Lipinski definition) is 4. The monoisotopic (exact) mass is 355 g/mol. The van der Waals surface area contributed by atoms with Crippen molar-refractivity contribution in [3.63, 3.8) is 0 Å². The molecule has 1 aliphatic rings. The maximum absolute atomic E-state index is 11.8. The van der Waals surface area contributed by atoms with E-state index >= 15 is 0 Å². The Morgan fingerprint density at radius 1 is 1.23 bits per heavy atom. The summed E-state index contributed by atoms with van der Waals surface area (Å²) in [6.07, 6.45) is 2.64. The van der Waals surface area contributed by atoms with Gasteiger partial charge in [-0.05, 0) is 36.0 Å². The summed E-state index contributed by atoms with van der Waals surface area (Å²) in [5, 5.41) is 21.4. The Bertz CT molecular complexity index is 818. The lowest BCUT2D eigenvalue weighted by Crippen LogP contribution is -2.14. The van der Waals surface area contributed by atoms with E-state index in [1.807, 2.05) is 37.3 Å². The highest BCUT2D eigenvalue weighted by Crippen LogP contribution is 2.47. The Morgan fingerprint density at radius 2 is 1.96 bits per heavy atom. The quantitative estimate of drug-likeness (QED) is 0.595. The second kappa shape index (κ2) is 7.56. The molecule has 0 heterocycles. The molecule has 26 heavy (non-hydrogen) atoms. The van der Waals surface area contributed by atoms with Gasteiger partial charge in [0.25, 0.3) is 0 Å². The summed E-state index contributed by atoms with van der Waals surface area (Å²) in [7, 11) is 0. The first kappa shape index (κ1) is 17.9.